The zero-order valence-corrected chi connectivity index (χ0v) is 12.7. The third-order valence-electron chi connectivity index (χ3n) is 3.90. The second kappa shape index (κ2) is 5.96. The van der Waals surface area contributed by atoms with Gasteiger partial charge in [-0.1, -0.05) is 39.8 Å². The van der Waals surface area contributed by atoms with Gasteiger partial charge in [0.15, 0.2) is 0 Å². The summed E-state index contributed by atoms with van der Waals surface area (Å²) in [6, 6.07) is 9.24. The smallest absolute Gasteiger partial charge is 0.119 e. The van der Waals surface area contributed by atoms with E-state index in [1.807, 2.05) is 0 Å². The molecule has 2 atom stereocenters. The molecule has 2 nitrogen and oxygen atoms in total. The highest BCUT2D eigenvalue weighted by Gasteiger charge is 2.25. The monoisotopic (exact) mass is 261 g/mol. The SMILES string of the molecule is CCNC1CCC(Oc2ccc(C(C)(C)C)cc2)C1. The van der Waals surface area contributed by atoms with E-state index in [0.29, 0.717) is 12.1 Å². The van der Waals surface area contributed by atoms with Crippen molar-refractivity contribution in [3.63, 3.8) is 0 Å². The summed E-state index contributed by atoms with van der Waals surface area (Å²) in [6.45, 7) is 9.93. The molecule has 0 amide bonds. The van der Waals surface area contributed by atoms with E-state index in [2.05, 4.69) is 57.3 Å². The second-order valence-electron chi connectivity index (χ2n) is 6.58. The third kappa shape index (κ3) is 3.97. The number of ether oxygens (including phenoxy) is 1. The molecule has 1 aliphatic carbocycles. The zero-order valence-electron chi connectivity index (χ0n) is 12.7. The molecule has 0 aliphatic heterocycles. The first-order valence-electron chi connectivity index (χ1n) is 7.49. The minimum Gasteiger partial charge on any atom is -0.490 e. The highest BCUT2D eigenvalue weighted by atomic mass is 16.5. The summed E-state index contributed by atoms with van der Waals surface area (Å²) in [5, 5.41) is 3.51. The summed E-state index contributed by atoms with van der Waals surface area (Å²) in [5.41, 5.74) is 1.57. The Labute approximate surface area is 117 Å². The van der Waals surface area contributed by atoms with E-state index in [1.165, 1.54) is 18.4 Å². The predicted octanol–water partition coefficient (Wildman–Crippen LogP) is 3.89. The van der Waals surface area contributed by atoms with Crippen LogP contribution in [-0.2, 0) is 5.41 Å². The lowest BCUT2D eigenvalue weighted by Crippen LogP contribution is -2.27. The molecule has 2 rings (SSSR count). The minimum atomic E-state index is 0.210. The van der Waals surface area contributed by atoms with Crippen LogP contribution in [0, 0.1) is 0 Å². The van der Waals surface area contributed by atoms with Crippen molar-refractivity contribution in [1.29, 1.82) is 0 Å². The molecule has 1 aromatic carbocycles. The summed E-state index contributed by atoms with van der Waals surface area (Å²) < 4.78 is 6.08. The first kappa shape index (κ1) is 14.4. The van der Waals surface area contributed by atoms with Gasteiger partial charge in [0, 0.05) is 6.04 Å². The average molecular weight is 261 g/mol. The maximum absolute atomic E-state index is 6.08. The van der Waals surface area contributed by atoms with Crippen molar-refractivity contribution >= 4 is 0 Å². The largest absolute Gasteiger partial charge is 0.490 e. The molecule has 0 spiro atoms. The van der Waals surface area contributed by atoms with E-state index in [4.69, 9.17) is 4.74 Å². The van der Waals surface area contributed by atoms with E-state index in [-0.39, 0.29) is 5.41 Å². The lowest BCUT2D eigenvalue weighted by atomic mass is 9.87. The summed E-state index contributed by atoms with van der Waals surface area (Å²) in [5.74, 6) is 1.01. The van der Waals surface area contributed by atoms with Crippen LogP contribution in [0.2, 0.25) is 0 Å². The Morgan fingerprint density at radius 1 is 1.16 bits per heavy atom. The van der Waals surface area contributed by atoms with Crippen LogP contribution in [0.1, 0.15) is 52.5 Å². The van der Waals surface area contributed by atoms with Crippen LogP contribution in [0.5, 0.6) is 5.75 Å². The van der Waals surface area contributed by atoms with Gasteiger partial charge in [-0.3, -0.25) is 0 Å². The molecule has 2 unspecified atom stereocenters. The predicted molar refractivity (Wildman–Crippen MR) is 80.9 cm³/mol. The van der Waals surface area contributed by atoms with Gasteiger partial charge in [0.25, 0.3) is 0 Å². The Bertz CT molecular complexity index is 391. The second-order valence-corrected chi connectivity index (χ2v) is 6.58. The van der Waals surface area contributed by atoms with Gasteiger partial charge < -0.3 is 10.1 Å². The van der Waals surface area contributed by atoms with Gasteiger partial charge >= 0.3 is 0 Å². The van der Waals surface area contributed by atoms with Crippen LogP contribution in [0.3, 0.4) is 0 Å². The number of nitrogens with one attached hydrogen (secondary N) is 1. The highest BCUT2D eigenvalue weighted by molar-refractivity contribution is 5.31. The van der Waals surface area contributed by atoms with Crippen LogP contribution in [0.15, 0.2) is 24.3 Å². The van der Waals surface area contributed by atoms with Crippen LogP contribution >= 0.6 is 0 Å². The van der Waals surface area contributed by atoms with Crippen molar-refractivity contribution in [3.05, 3.63) is 29.8 Å². The standard InChI is InChI=1S/C17H27NO/c1-5-18-14-8-11-16(12-14)19-15-9-6-13(7-10-15)17(2,3)4/h6-7,9-10,14,16,18H,5,8,11-12H2,1-4H3. The van der Waals surface area contributed by atoms with Crippen molar-refractivity contribution in [2.24, 2.45) is 0 Å². The molecule has 1 aliphatic rings. The Morgan fingerprint density at radius 2 is 1.84 bits per heavy atom. The van der Waals surface area contributed by atoms with Crippen LogP contribution in [0.4, 0.5) is 0 Å². The van der Waals surface area contributed by atoms with Gasteiger partial charge in [0.1, 0.15) is 11.9 Å². The van der Waals surface area contributed by atoms with Crippen molar-refractivity contribution in [2.45, 2.75) is 64.5 Å². The van der Waals surface area contributed by atoms with E-state index in [1.54, 1.807) is 0 Å². The van der Waals surface area contributed by atoms with E-state index >= 15 is 0 Å². The van der Waals surface area contributed by atoms with Gasteiger partial charge in [-0.05, 0) is 48.9 Å². The van der Waals surface area contributed by atoms with Crippen molar-refractivity contribution < 1.29 is 4.74 Å². The molecular formula is C17H27NO. The Kier molecular flexibility index (Phi) is 4.51. The summed E-state index contributed by atoms with van der Waals surface area (Å²) >= 11 is 0. The summed E-state index contributed by atoms with van der Waals surface area (Å²) in [6.07, 6.45) is 3.91. The van der Waals surface area contributed by atoms with Gasteiger partial charge in [-0.15, -0.1) is 0 Å². The lowest BCUT2D eigenvalue weighted by Gasteiger charge is -2.20. The molecule has 0 heterocycles. The average Bonchev–Trinajstić information content (AvgIpc) is 2.77. The quantitative estimate of drug-likeness (QED) is 0.887. The molecule has 1 saturated carbocycles. The maximum Gasteiger partial charge on any atom is 0.119 e. The number of hydrogen-bond acceptors (Lipinski definition) is 2. The fraction of sp³-hybridized carbons (Fsp3) is 0.647. The summed E-state index contributed by atoms with van der Waals surface area (Å²) in [4.78, 5) is 0. The van der Waals surface area contributed by atoms with Crippen LogP contribution in [0.25, 0.3) is 0 Å². The Morgan fingerprint density at radius 3 is 2.42 bits per heavy atom. The van der Waals surface area contributed by atoms with Gasteiger partial charge in [-0.25, -0.2) is 0 Å². The highest BCUT2D eigenvalue weighted by Crippen LogP contribution is 2.27. The molecule has 0 saturated heterocycles. The van der Waals surface area contributed by atoms with Crippen LogP contribution in [-0.4, -0.2) is 18.7 Å². The summed E-state index contributed by atoms with van der Waals surface area (Å²) in [7, 11) is 0. The molecule has 1 fully saturated rings. The number of hydrogen-bond donors (Lipinski definition) is 1. The van der Waals surface area contributed by atoms with E-state index < -0.39 is 0 Å². The molecule has 2 heteroatoms. The van der Waals surface area contributed by atoms with Gasteiger partial charge in [-0.2, -0.15) is 0 Å². The number of benzene rings is 1. The first-order valence-corrected chi connectivity index (χ1v) is 7.49. The van der Waals surface area contributed by atoms with Gasteiger partial charge in [0.05, 0.1) is 0 Å². The normalized spacial score (nSPS) is 23.6. The molecule has 1 N–H and O–H groups in total. The molecule has 0 radical (unpaired) electrons. The lowest BCUT2D eigenvalue weighted by molar-refractivity contribution is 0.206. The molecule has 1 aromatic rings. The molecule has 106 valence electrons. The van der Waals surface area contributed by atoms with E-state index in [9.17, 15) is 0 Å². The zero-order chi connectivity index (χ0) is 13.9. The van der Waals surface area contributed by atoms with Gasteiger partial charge in [0.2, 0.25) is 0 Å². The molecule has 0 bridgehead atoms. The van der Waals surface area contributed by atoms with Crippen LogP contribution < -0.4 is 10.1 Å². The molecule has 19 heavy (non-hydrogen) atoms. The first-order chi connectivity index (χ1) is 8.99. The fourth-order valence-electron chi connectivity index (χ4n) is 2.75. The fourth-order valence-corrected chi connectivity index (χ4v) is 2.75. The van der Waals surface area contributed by atoms with Crippen molar-refractivity contribution in [3.8, 4) is 5.75 Å². The molecule has 0 aromatic heterocycles. The third-order valence-corrected chi connectivity index (χ3v) is 3.90. The maximum atomic E-state index is 6.08. The Hall–Kier alpha value is -1.02. The molecular weight excluding hydrogens is 234 g/mol. The van der Waals surface area contributed by atoms with Crippen molar-refractivity contribution in [1.82, 2.24) is 5.32 Å². The number of rotatable bonds is 4. The van der Waals surface area contributed by atoms with E-state index in [0.717, 1.165) is 18.7 Å². The minimum absolute atomic E-state index is 0.210. The Balaban J connectivity index is 1.90. The van der Waals surface area contributed by atoms with Crippen molar-refractivity contribution in [2.75, 3.05) is 6.54 Å². The topological polar surface area (TPSA) is 21.3 Å².